The van der Waals surface area contributed by atoms with Gasteiger partial charge in [-0.25, -0.2) is 5.84 Å². The minimum absolute atomic E-state index is 0.0682. The number of amides is 1. The standard InChI is InChI=1S/C13H20N2O4/c1-9-11(17-3)6-5-10(13(9)18-4)7-19-8-12(16)15(2)14/h5-6H,7-8,14H2,1-4H3. The highest BCUT2D eigenvalue weighted by atomic mass is 16.5. The predicted octanol–water partition coefficient (Wildman–Crippen LogP) is 0.861. The van der Waals surface area contributed by atoms with Crippen molar-refractivity contribution < 1.29 is 19.0 Å². The molecule has 0 radical (unpaired) electrons. The SMILES string of the molecule is COc1ccc(COCC(=O)N(C)N)c(OC)c1C. The van der Waals surface area contributed by atoms with E-state index in [9.17, 15) is 4.79 Å². The van der Waals surface area contributed by atoms with E-state index in [4.69, 9.17) is 20.1 Å². The summed E-state index contributed by atoms with van der Waals surface area (Å²) in [6.07, 6.45) is 0. The molecule has 0 fully saturated rings. The number of benzene rings is 1. The molecule has 106 valence electrons. The molecule has 0 saturated carbocycles. The summed E-state index contributed by atoms with van der Waals surface area (Å²) in [5.41, 5.74) is 1.75. The van der Waals surface area contributed by atoms with Gasteiger partial charge in [0.2, 0.25) is 0 Å². The van der Waals surface area contributed by atoms with Gasteiger partial charge < -0.3 is 14.2 Å². The van der Waals surface area contributed by atoms with Crippen LogP contribution in [-0.2, 0) is 16.1 Å². The van der Waals surface area contributed by atoms with Crippen molar-refractivity contribution in [2.75, 3.05) is 27.9 Å². The summed E-state index contributed by atoms with van der Waals surface area (Å²) in [7, 11) is 4.67. The lowest BCUT2D eigenvalue weighted by Gasteiger charge is -2.15. The van der Waals surface area contributed by atoms with Crippen molar-refractivity contribution in [3.63, 3.8) is 0 Å². The zero-order valence-corrected chi connectivity index (χ0v) is 11.7. The lowest BCUT2D eigenvalue weighted by atomic mass is 10.1. The number of carbonyl (C=O) groups excluding carboxylic acids is 1. The van der Waals surface area contributed by atoms with Gasteiger partial charge >= 0.3 is 0 Å². The van der Waals surface area contributed by atoms with Crippen LogP contribution in [0.1, 0.15) is 11.1 Å². The van der Waals surface area contributed by atoms with E-state index in [1.165, 1.54) is 7.05 Å². The van der Waals surface area contributed by atoms with Gasteiger partial charge in [0.05, 0.1) is 20.8 Å². The number of hydrogen-bond donors (Lipinski definition) is 1. The highest BCUT2D eigenvalue weighted by molar-refractivity contribution is 5.76. The lowest BCUT2D eigenvalue weighted by Crippen LogP contribution is -2.35. The Morgan fingerprint density at radius 3 is 2.53 bits per heavy atom. The third kappa shape index (κ3) is 3.84. The van der Waals surface area contributed by atoms with E-state index in [1.54, 1.807) is 14.2 Å². The summed E-state index contributed by atoms with van der Waals surface area (Å²) in [5.74, 6) is 6.46. The molecular formula is C13H20N2O4. The van der Waals surface area contributed by atoms with E-state index >= 15 is 0 Å². The van der Waals surface area contributed by atoms with Gasteiger partial charge in [-0.2, -0.15) is 0 Å². The molecule has 0 spiro atoms. The fraction of sp³-hybridized carbons (Fsp3) is 0.462. The molecule has 0 heterocycles. The second-order valence-electron chi connectivity index (χ2n) is 4.08. The largest absolute Gasteiger partial charge is 0.496 e. The smallest absolute Gasteiger partial charge is 0.262 e. The summed E-state index contributed by atoms with van der Waals surface area (Å²) in [6.45, 7) is 2.11. The van der Waals surface area contributed by atoms with Crippen LogP contribution >= 0.6 is 0 Å². The summed E-state index contributed by atoms with van der Waals surface area (Å²) in [6, 6.07) is 3.69. The molecule has 1 amide bonds. The van der Waals surface area contributed by atoms with Crippen LogP contribution in [0.2, 0.25) is 0 Å². The van der Waals surface area contributed by atoms with Crippen LogP contribution in [0.15, 0.2) is 12.1 Å². The minimum Gasteiger partial charge on any atom is -0.496 e. The molecule has 19 heavy (non-hydrogen) atoms. The molecule has 0 atom stereocenters. The number of hydrazine groups is 1. The molecule has 1 aromatic rings. The van der Waals surface area contributed by atoms with Crippen LogP contribution in [0.5, 0.6) is 11.5 Å². The average Bonchev–Trinajstić information content (AvgIpc) is 2.38. The number of nitrogens with two attached hydrogens (primary N) is 1. The third-order valence-corrected chi connectivity index (χ3v) is 2.74. The maximum absolute atomic E-state index is 11.3. The average molecular weight is 268 g/mol. The van der Waals surface area contributed by atoms with E-state index in [2.05, 4.69) is 0 Å². The molecular weight excluding hydrogens is 248 g/mol. The first-order valence-corrected chi connectivity index (χ1v) is 5.80. The van der Waals surface area contributed by atoms with Crippen LogP contribution < -0.4 is 15.3 Å². The van der Waals surface area contributed by atoms with Gasteiger partial charge in [-0.3, -0.25) is 9.80 Å². The van der Waals surface area contributed by atoms with E-state index in [0.29, 0.717) is 5.75 Å². The number of carbonyl (C=O) groups is 1. The molecule has 6 nitrogen and oxygen atoms in total. The normalized spacial score (nSPS) is 10.2. The highest BCUT2D eigenvalue weighted by Gasteiger charge is 2.12. The Morgan fingerprint density at radius 1 is 1.32 bits per heavy atom. The Labute approximate surface area is 113 Å². The Morgan fingerprint density at radius 2 is 2.00 bits per heavy atom. The second-order valence-corrected chi connectivity index (χ2v) is 4.08. The van der Waals surface area contributed by atoms with Crippen LogP contribution in [0.25, 0.3) is 0 Å². The molecule has 0 unspecified atom stereocenters. The van der Waals surface area contributed by atoms with Crippen molar-refractivity contribution in [3.8, 4) is 11.5 Å². The zero-order valence-electron chi connectivity index (χ0n) is 11.7. The van der Waals surface area contributed by atoms with Crippen molar-refractivity contribution in [2.24, 2.45) is 5.84 Å². The second kappa shape index (κ2) is 6.96. The molecule has 1 aromatic carbocycles. The van der Waals surface area contributed by atoms with Crippen molar-refractivity contribution in [3.05, 3.63) is 23.3 Å². The number of ether oxygens (including phenoxy) is 3. The van der Waals surface area contributed by atoms with Gasteiger partial charge in [-0.05, 0) is 19.1 Å². The van der Waals surface area contributed by atoms with Crippen molar-refractivity contribution in [1.82, 2.24) is 5.01 Å². The van der Waals surface area contributed by atoms with Crippen LogP contribution in [0.4, 0.5) is 0 Å². The van der Waals surface area contributed by atoms with Gasteiger partial charge in [-0.1, -0.05) is 0 Å². The van der Waals surface area contributed by atoms with Gasteiger partial charge in [0, 0.05) is 18.2 Å². The van der Waals surface area contributed by atoms with Gasteiger partial charge in [0.15, 0.2) is 0 Å². The number of nitrogens with zero attached hydrogens (tertiary/aromatic N) is 1. The molecule has 0 bridgehead atoms. The topological polar surface area (TPSA) is 74.0 Å². The van der Waals surface area contributed by atoms with Gasteiger partial charge in [-0.15, -0.1) is 0 Å². The molecule has 6 heteroatoms. The van der Waals surface area contributed by atoms with Crippen molar-refractivity contribution >= 4 is 5.91 Å². The number of methoxy groups -OCH3 is 2. The molecule has 0 aliphatic carbocycles. The summed E-state index contributed by atoms with van der Waals surface area (Å²) >= 11 is 0. The minimum atomic E-state index is -0.288. The third-order valence-electron chi connectivity index (χ3n) is 2.74. The van der Waals surface area contributed by atoms with Gasteiger partial charge in [0.1, 0.15) is 18.1 Å². The van der Waals surface area contributed by atoms with Crippen LogP contribution in [0, 0.1) is 6.92 Å². The molecule has 0 aromatic heterocycles. The molecule has 0 saturated heterocycles. The van der Waals surface area contributed by atoms with Crippen LogP contribution in [0.3, 0.4) is 0 Å². The first-order valence-electron chi connectivity index (χ1n) is 5.80. The highest BCUT2D eigenvalue weighted by Crippen LogP contribution is 2.31. The van der Waals surface area contributed by atoms with E-state index in [-0.39, 0.29) is 19.1 Å². The number of hydrogen-bond acceptors (Lipinski definition) is 5. The fourth-order valence-corrected chi connectivity index (χ4v) is 1.70. The van der Waals surface area contributed by atoms with Crippen molar-refractivity contribution in [2.45, 2.75) is 13.5 Å². The fourth-order valence-electron chi connectivity index (χ4n) is 1.70. The summed E-state index contributed by atoms with van der Waals surface area (Å²) in [5, 5.41) is 0.997. The molecule has 0 aliphatic heterocycles. The monoisotopic (exact) mass is 268 g/mol. The Bertz CT molecular complexity index is 447. The Hall–Kier alpha value is -1.79. The first-order chi connectivity index (χ1) is 9.01. The van der Waals surface area contributed by atoms with Crippen molar-refractivity contribution in [1.29, 1.82) is 0 Å². The quantitative estimate of drug-likeness (QED) is 0.470. The van der Waals surface area contributed by atoms with E-state index < -0.39 is 0 Å². The van der Waals surface area contributed by atoms with Gasteiger partial charge in [0.25, 0.3) is 5.91 Å². The maximum atomic E-state index is 11.3. The van der Waals surface area contributed by atoms with E-state index in [1.807, 2.05) is 19.1 Å². The van der Waals surface area contributed by atoms with Crippen LogP contribution in [-0.4, -0.2) is 38.8 Å². The Balaban J connectivity index is 2.74. The maximum Gasteiger partial charge on any atom is 0.262 e. The zero-order chi connectivity index (χ0) is 14.4. The molecule has 1 rings (SSSR count). The summed E-state index contributed by atoms with van der Waals surface area (Å²) < 4.78 is 15.9. The molecule has 2 N–H and O–H groups in total. The Kier molecular flexibility index (Phi) is 5.59. The molecule has 0 aliphatic rings. The predicted molar refractivity (Wildman–Crippen MR) is 70.9 cm³/mol. The lowest BCUT2D eigenvalue weighted by molar-refractivity contribution is -0.135. The number of likely N-dealkylation sites (N-methyl/N-ethyl adjacent to an activating group) is 1. The first kappa shape index (κ1) is 15.3. The summed E-state index contributed by atoms with van der Waals surface area (Å²) in [4.78, 5) is 11.3. The number of rotatable bonds is 6. The van der Waals surface area contributed by atoms with E-state index in [0.717, 1.165) is 21.9 Å².